The second-order valence-corrected chi connectivity index (χ2v) is 9.02. The molecule has 0 fully saturated rings. The Hall–Kier alpha value is -4.49. The first kappa shape index (κ1) is 30.7. The first-order valence-electron chi connectivity index (χ1n) is 12.0. The van der Waals surface area contributed by atoms with Crippen molar-refractivity contribution in [2.24, 2.45) is 11.5 Å². The van der Waals surface area contributed by atoms with E-state index in [9.17, 15) is 39.3 Å². The number of carboxylic acid groups (broad SMARTS) is 1. The average molecular weight is 544 g/mol. The van der Waals surface area contributed by atoms with Crippen LogP contribution >= 0.6 is 0 Å². The van der Waals surface area contributed by atoms with Gasteiger partial charge in [-0.3, -0.25) is 19.2 Å². The number of aliphatic hydroxyl groups excluding tert-OH is 1. The number of nitrogens with two attached hydrogens (primary N) is 2. The minimum atomic E-state index is -1.53. The van der Waals surface area contributed by atoms with E-state index in [0.717, 1.165) is 0 Å². The highest BCUT2D eigenvalue weighted by Gasteiger charge is 2.32. The van der Waals surface area contributed by atoms with Gasteiger partial charge in [0.15, 0.2) is 0 Å². The van der Waals surface area contributed by atoms with Gasteiger partial charge in [-0.1, -0.05) is 42.5 Å². The zero-order chi connectivity index (χ0) is 29.1. The van der Waals surface area contributed by atoms with Crippen LogP contribution in [0.2, 0.25) is 0 Å². The standard InChI is InChI=1S/C26H33N5O8/c1-14(32)22(28)25(37)30-19(13-21(27)34)24(36)29-18(11-16-7-9-17(33)10-8-16)23(35)31-20(26(38)39)12-15-5-3-2-4-6-15/h2-10,14,18-20,22,32-33H,11-13,28H2,1H3,(H2,27,34)(H,29,36)(H,30,37)(H,31,35)(H,38,39). The molecule has 2 rings (SSSR count). The number of amides is 4. The fourth-order valence-corrected chi connectivity index (χ4v) is 3.57. The van der Waals surface area contributed by atoms with Crippen molar-refractivity contribution in [1.29, 1.82) is 0 Å². The summed E-state index contributed by atoms with van der Waals surface area (Å²) in [5.41, 5.74) is 12.0. The van der Waals surface area contributed by atoms with E-state index in [-0.39, 0.29) is 18.6 Å². The predicted molar refractivity (Wildman–Crippen MR) is 139 cm³/mol. The second-order valence-electron chi connectivity index (χ2n) is 9.02. The summed E-state index contributed by atoms with van der Waals surface area (Å²) in [6, 6.07) is 8.74. The Labute approximate surface area is 224 Å². The molecule has 210 valence electrons. The van der Waals surface area contributed by atoms with Crippen molar-refractivity contribution in [2.75, 3.05) is 0 Å². The Morgan fingerprint density at radius 3 is 1.79 bits per heavy atom. The minimum absolute atomic E-state index is 0.0284. The van der Waals surface area contributed by atoms with Crippen LogP contribution in [-0.4, -0.2) is 75.2 Å². The molecule has 13 heteroatoms. The van der Waals surface area contributed by atoms with Crippen LogP contribution in [0, 0.1) is 0 Å². The number of aromatic hydroxyl groups is 1. The van der Waals surface area contributed by atoms with Crippen LogP contribution in [0.1, 0.15) is 24.5 Å². The molecule has 0 aliphatic heterocycles. The molecule has 5 atom stereocenters. The summed E-state index contributed by atoms with van der Waals surface area (Å²) in [7, 11) is 0. The van der Waals surface area contributed by atoms with E-state index >= 15 is 0 Å². The molecule has 39 heavy (non-hydrogen) atoms. The van der Waals surface area contributed by atoms with Gasteiger partial charge in [-0.15, -0.1) is 0 Å². The SMILES string of the molecule is CC(O)C(N)C(=O)NC(CC(N)=O)C(=O)NC(Cc1ccc(O)cc1)C(=O)NC(Cc1ccccc1)C(=O)O. The number of carboxylic acids is 1. The van der Waals surface area contributed by atoms with Crippen LogP contribution in [0.4, 0.5) is 0 Å². The fraction of sp³-hybridized carbons (Fsp3) is 0.346. The van der Waals surface area contributed by atoms with E-state index in [4.69, 9.17) is 11.5 Å². The molecule has 0 heterocycles. The summed E-state index contributed by atoms with van der Waals surface area (Å²) in [5.74, 6) is -5.00. The summed E-state index contributed by atoms with van der Waals surface area (Å²) in [5, 5.41) is 35.9. The molecule has 0 saturated heterocycles. The molecule has 4 amide bonds. The van der Waals surface area contributed by atoms with Crippen LogP contribution in [0.3, 0.4) is 0 Å². The second kappa shape index (κ2) is 14.4. The molecule has 2 aromatic carbocycles. The van der Waals surface area contributed by atoms with Crippen molar-refractivity contribution in [3.63, 3.8) is 0 Å². The van der Waals surface area contributed by atoms with Gasteiger partial charge in [0.05, 0.1) is 12.5 Å². The molecule has 0 aliphatic rings. The van der Waals surface area contributed by atoms with Crippen molar-refractivity contribution in [3.8, 4) is 5.75 Å². The lowest BCUT2D eigenvalue weighted by Gasteiger charge is -2.25. The molecule has 0 aliphatic carbocycles. The average Bonchev–Trinajstić information content (AvgIpc) is 2.88. The Kier molecular flexibility index (Phi) is 11.4. The number of primary amides is 1. The third-order valence-electron chi connectivity index (χ3n) is 5.77. The van der Waals surface area contributed by atoms with E-state index in [2.05, 4.69) is 16.0 Å². The maximum atomic E-state index is 13.2. The Morgan fingerprint density at radius 1 is 0.769 bits per heavy atom. The van der Waals surface area contributed by atoms with Gasteiger partial charge in [0.25, 0.3) is 0 Å². The van der Waals surface area contributed by atoms with E-state index in [1.807, 2.05) is 0 Å². The Balaban J connectivity index is 2.28. The maximum absolute atomic E-state index is 13.2. The van der Waals surface area contributed by atoms with Crippen LogP contribution in [-0.2, 0) is 36.8 Å². The van der Waals surface area contributed by atoms with Crippen molar-refractivity contribution in [1.82, 2.24) is 16.0 Å². The summed E-state index contributed by atoms with van der Waals surface area (Å²) >= 11 is 0. The van der Waals surface area contributed by atoms with Crippen LogP contribution in [0.25, 0.3) is 0 Å². The summed E-state index contributed by atoms with van der Waals surface area (Å²) in [6.45, 7) is 1.26. The topological polar surface area (TPSA) is 234 Å². The van der Waals surface area contributed by atoms with Crippen molar-refractivity contribution in [3.05, 3.63) is 65.7 Å². The molecule has 0 spiro atoms. The quantitative estimate of drug-likeness (QED) is 0.135. The van der Waals surface area contributed by atoms with Crippen LogP contribution < -0.4 is 27.4 Å². The predicted octanol–water partition coefficient (Wildman–Crippen LogP) is -1.70. The number of carbonyl (C=O) groups excluding carboxylic acids is 4. The molecular weight excluding hydrogens is 510 g/mol. The number of hydrogen-bond donors (Lipinski definition) is 8. The van der Waals surface area contributed by atoms with Gasteiger partial charge in [-0.25, -0.2) is 4.79 Å². The van der Waals surface area contributed by atoms with Crippen molar-refractivity contribution < 1.29 is 39.3 Å². The van der Waals surface area contributed by atoms with Gasteiger partial charge in [0, 0.05) is 12.8 Å². The monoisotopic (exact) mass is 543 g/mol. The Morgan fingerprint density at radius 2 is 1.26 bits per heavy atom. The Bertz CT molecular complexity index is 1160. The molecule has 13 nitrogen and oxygen atoms in total. The lowest BCUT2D eigenvalue weighted by Crippen LogP contribution is -2.59. The molecule has 0 aromatic heterocycles. The first-order valence-corrected chi connectivity index (χ1v) is 12.0. The lowest BCUT2D eigenvalue weighted by molar-refractivity contribution is -0.142. The lowest BCUT2D eigenvalue weighted by atomic mass is 10.0. The number of phenolic OH excluding ortho intramolecular Hbond substituents is 1. The molecular formula is C26H33N5O8. The third kappa shape index (κ3) is 10.1. The summed E-state index contributed by atoms with van der Waals surface area (Å²) in [6.07, 6.45) is -2.05. The highest BCUT2D eigenvalue weighted by molar-refractivity contribution is 5.96. The number of phenols is 1. The van der Waals surface area contributed by atoms with Gasteiger partial charge < -0.3 is 42.7 Å². The zero-order valence-electron chi connectivity index (χ0n) is 21.2. The van der Waals surface area contributed by atoms with E-state index in [1.54, 1.807) is 30.3 Å². The first-order chi connectivity index (χ1) is 18.4. The molecule has 0 radical (unpaired) electrons. The van der Waals surface area contributed by atoms with Gasteiger partial charge >= 0.3 is 5.97 Å². The number of aliphatic hydroxyl groups is 1. The largest absolute Gasteiger partial charge is 0.508 e. The normalized spacial score (nSPS) is 14.6. The van der Waals surface area contributed by atoms with E-state index in [0.29, 0.717) is 11.1 Å². The smallest absolute Gasteiger partial charge is 0.326 e. The zero-order valence-corrected chi connectivity index (χ0v) is 21.2. The van der Waals surface area contributed by atoms with Crippen LogP contribution in [0.5, 0.6) is 5.75 Å². The molecule has 10 N–H and O–H groups in total. The number of aliphatic carboxylic acids is 1. The van der Waals surface area contributed by atoms with Gasteiger partial charge in [0.2, 0.25) is 23.6 Å². The molecule has 5 unspecified atom stereocenters. The fourth-order valence-electron chi connectivity index (χ4n) is 3.57. The number of hydrogen-bond acceptors (Lipinski definition) is 8. The summed E-state index contributed by atoms with van der Waals surface area (Å²) < 4.78 is 0. The van der Waals surface area contributed by atoms with E-state index < -0.39 is 66.3 Å². The third-order valence-corrected chi connectivity index (χ3v) is 5.77. The minimum Gasteiger partial charge on any atom is -0.508 e. The number of rotatable bonds is 14. The van der Waals surface area contributed by atoms with Crippen molar-refractivity contribution >= 4 is 29.6 Å². The van der Waals surface area contributed by atoms with Gasteiger partial charge in [0.1, 0.15) is 29.9 Å². The highest BCUT2D eigenvalue weighted by Crippen LogP contribution is 2.12. The maximum Gasteiger partial charge on any atom is 0.326 e. The molecule has 2 aromatic rings. The number of carbonyl (C=O) groups is 5. The van der Waals surface area contributed by atoms with Gasteiger partial charge in [-0.05, 0) is 30.2 Å². The summed E-state index contributed by atoms with van der Waals surface area (Å²) in [4.78, 5) is 62.1. The highest BCUT2D eigenvalue weighted by atomic mass is 16.4. The van der Waals surface area contributed by atoms with Crippen molar-refractivity contribution in [2.45, 2.75) is 56.5 Å². The molecule has 0 saturated carbocycles. The van der Waals surface area contributed by atoms with E-state index in [1.165, 1.54) is 31.2 Å². The molecule has 0 bridgehead atoms. The van der Waals surface area contributed by atoms with Gasteiger partial charge in [-0.2, -0.15) is 0 Å². The number of benzene rings is 2. The number of nitrogens with one attached hydrogen (secondary N) is 3. The van der Waals surface area contributed by atoms with Crippen LogP contribution in [0.15, 0.2) is 54.6 Å².